The zero-order valence-corrected chi connectivity index (χ0v) is 13.1. The number of piperidine rings is 1. The lowest BCUT2D eigenvalue weighted by atomic mass is 10.0. The fraction of sp³-hybridized carbons (Fsp3) is 0.471. The minimum absolute atomic E-state index is 0.0697. The first-order valence-electron chi connectivity index (χ1n) is 8.29. The van der Waals surface area contributed by atoms with E-state index in [0.29, 0.717) is 17.6 Å². The normalized spacial score (nSPS) is 21.2. The van der Waals surface area contributed by atoms with Gasteiger partial charge >= 0.3 is 0 Å². The number of hydrogen-bond donors (Lipinski definition) is 1. The smallest absolute Gasteiger partial charge is 0.255 e. The molecular formula is C17H21N5O. The van der Waals surface area contributed by atoms with Crippen molar-refractivity contribution in [3.8, 4) is 0 Å². The first kappa shape index (κ1) is 14.2. The number of nitrogens with one attached hydrogen (secondary N) is 1. The van der Waals surface area contributed by atoms with Crippen molar-refractivity contribution in [3.63, 3.8) is 0 Å². The van der Waals surface area contributed by atoms with Crippen LogP contribution in [-0.4, -0.2) is 44.5 Å². The van der Waals surface area contributed by atoms with Crippen molar-refractivity contribution in [2.24, 2.45) is 0 Å². The summed E-state index contributed by atoms with van der Waals surface area (Å²) in [6.07, 6.45) is 11.8. The van der Waals surface area contributed by atoms with Gasteiger partial charge in [0.15, 0.2) is 0 Å². The zero-order chi connectivity index (χ0) is 15.6. The highest BCUT2D eigenvalue weighted by atomic mass is 16.2. The zero-order valence-electron chi connectivity index (χ0n) is 13.1. The van der Waals surface area contributed by atoms with Gasteiger partial charge in [-0.3, -0.25) is 4.79 Å². The van der Waals surface area contributed by atoms with E-state index in [2.05, 4.69) is 19.9 Å². The third kappa shape index (κ3) is 3.21. The van der Waals surface area contributed by atoms with Crippen LogP contribution in [0.4, 0.5) is 5.82 Å². The summed E-state index contributed by atoms with van der Waals surface area (Å²) in [7, 11) is 0. The molecule has 1 N–H and O–H groups in total. The first-order chi connectivity index (χ1) is 11.3. The van der Waals surface area contributed by atoms with E-state index < -0.39 is 0 Å². The lowest BCUT2D eigenvalue weighted by molar-refractivity contribution is 0.0679. The summed E-state index contributed by atoms with van der Waals surface area (Å²) in [5, 5.41) is 3.34. The number of imidazole rings is 1. The molecule has 1 aliphatic carbocycles. The number of amides is 1. The Bertz CT molecular complexity index is 663. The predicted octanol–water partition coefficient (Wildman–Crippen LogP) is 2.33. The van der Waals surface area contributed by atoms with Gasteiger partial charge in [0.1, 0.15) is 5.82 Å². The topological polar surface area (TPSA) is 63.1 Å². The van der Waals surface area contributed by atoms with Crippen LogP contribution in [0.2, 0.25) is 0 Å². The van der Waals surface area contributed by atoms with Gasteiger partial charge in [-0.25, -0.2) is 9.97 Å². The average molecular weight is 311 g/mol. The van der Waals surface area contributed by atoms with Gasteiger partial charge in [-0.1, -0.05) is 0 Å². The van der Waals surface area contributed by atoms with Crippen LogP contribution < -0.4 is 5.32 Å². The van der Waals surface area contributed by atoms with E-state index in [-0.39, 0.29) is 5.91 Å². The molecule has 0 spiro atoms. The van der Waals surface area contributed by atoms with E-state index in [4.69, 9.17) is 0 Å². The van der Waals surface area contributed by atoms with Crippen LogP contribution in [-0.2, 0) is 0 Å². The second kappa shape index (κ2) is 6.02. The first-order valence-corrected chi connectivity index (χ1v) is 8.29. The fourth-order valence-corrected chi connectivity index (χ4v) is 3.09. The monoisotopic (exact) mass is 311 g/mol. The van der Waals surface area contributed by atoms with Crippen LogP contribution in [0, 0.1) is 0 Å². The van der Waals surface area contributed by atoms with Gasteiger partial charge in [-0.05, 0) is 37.8 Å². The largest absolute Gasteiger partial charge is 0.367 e. The Morgan fingerprint density at radius 3 is 2.87 bits per heavy atom. The highest BCUT2D eigenvalue weighted by Gasteiger charge is 2.26. The number of hydrogen-bond acceptors (Lipinski definition) is 4. The maximum Gasteiger partial charge on any atom is 0.255 e. The highest BCUT2D eigenvalue weighted by molar-refractivity contribution is 5.94. The SMILES string of the molecule is O=C(c1ccc(NC2CC2)nc1)N1CCC[C@H](n2ccnc2)C1. The molecule has 6 nitrogen and oxygen atoms in total. The molecule has 3 heterocycles. The minimum atomic E-state index is 0.0697. The Hall–Kier alpha value is -2.37. The highest BCUT2D eigenvalue weighted by Crippen LogP contribution is 2.25. The van der Waals surface area contributed by atoms with Crippen LogP contribution >= 0.6 is 0 Å². The van der Waals surface area contributed by atoms with Crippen molar-refractivity contribution in [1.82, 2.24) is 19.4 Å². The number of aromatic nitrogens is 3. The molecule has 0 unspecified atom stereocenters. The third-order valence-electron chi connectivity index (χ3n) is 4.57. The van der Waals surface area contributed by atoms with Gasteiger partial charge < -0.3 is 14.8 Å². The quantitative estimate of drug-likeness (QED) is 0.941. The van der Waals surface area contributed by atoms with Crippen LogP contribution in [0.1, 0.15) is 42.1 Å². The van der Waals surface area contributed by atoms with Gasteiger partial charge in [0, 0.05) is 37.7 Å². The molecule has 1 atom stereocenters. The van der Waals surface area contributed by atoms with E-state index >= 15 is 0 Å². The summed E-state index contributed by atoms with van der Waals surface area (Å²) in [6.45, 7) is 1.55. The fourth-order valence-electron chi connectivity index (χ4n) is 3.09. The van der Waals surface area contributed by atoms with Gasteiger partial charge in [0.05, 0.1) is 17.9 Å². The van der Waals surface area contributed by atoms with Crippen molar-refractivity contribution >= 4 is 11.7 Å². The van der Waals surface area contributed by atoms with Crippen molar-refractivity contribution < 1.29 is 4.79 Å². The van der Waals surface area contributed by atoms with Gasteiger partial charge in [0.25, 0.3) is 5.91 Å². The summed E-state index contributed by atoms with van der Waals surface area (Å²) in [6, 6.07) is 4.67. The van der Waals surface area contributed by atoms with Crippen molar-refractivity contribution in [3.05, 3.63) is 42.6 Å². The number of pyridine rings is 1. The molecule has 2 fully saturated rings. The Morgan fingerprint density at radius 2 is 2.17 bits per heavy atom. The number of nitrogens with zero attached hydrogens (tertiary/aromatic N) is 4. The lowest BCUT2D eigenvalue weighted by Crippen LogP contribution is -2.40. The Morgan fingerprint density at radius 1 is 1.26 bits per heavy atom. The number of carbonyl (C=O) groups is 1. The molecule has 0 bridgehead atoms. The molecule has 1 saturated carbocycles. The average Bonchev–Trinajstić information content (AvgIpc) is 3.24. The molecule has 4 rings (SSSR count). The molecule has 2 aromatic heterocycles. The van der Waals surface area contributed by atoms with E-state index in [9.17, 15) is 4.79 Å². The van der Waals surface area contributed by atoms with E-state index in [1.807, 2.05) is 29.6 Å². The van der Waals surface area contributed by atoms with Crippen molar-refractivity contribution in [2.75, 3.05) is 18.4 Å². The molecule has 0 aromatic carbocycles. The third-order valence-corrected chi connectivity index (χ3v) is 4.57. The molecule has 1 amide bonds. The molecule has 1 aliphatic heterocycles. The summed E-state index contributed by atoms with van der Waals surface area (Å²) < 4.78 is 2.10. The van der Waals surface area contributed by atoms with Gasteiger partial charge in [-0.15, -0.1) is 0 Å². The minimum Gasteiger partial charge on any atom is -0.367 e. The van der Waals surface area contributed by atoms with Crippen molar-refractivity contribution in [1.29, 1.82) is 0 Å². The van der Waals surface area contributed by atoms with Crippen molar-refractivity contribution in [2.45, 2.75) is 37.8 Å². The number of likely N-dealkylation sites (tertiary alicyclic amines) is 1. The molecular weight excluding hydrogens is 290 g/mol. The molecule has 1 saturated heterocycles. The van der Waals surface area contributed by atoms with E-state index in [0.717, 1.165) is 31.7 Å². The lowest BCUT2D eigenvalue weighted by Gasteiger charge is -2.33. The van der Waals surface area contributed by atoms with Gasteiger partial charge in [-0.2, -0.15) is 0 Å². The Kier molecular flexibility index (Phi) is 3.73. The van der Waals surface area contributed by atoms with E-state index in [1.54, 1.807) is 12.4 Å². The van der Waals surface area contributed by atoms with Crippen LogP contribution in [0.5, 0.6) is 0 Å². The summed E-state index contributed by atoms with van der Waals surface area (Å²) >= 11 is 0. The molecule has 23 heavy (non-hydrogen) atoms. The molecule has 2 aliphatic rings. The Labute approximate surface area is 135 Å². The van der Waals surface area contributed by atoms with Gasteiger partial charge in [0.2, 0.25) is 0 Å². The predicted molar refractivity (Wildman–Crippen MR) is 87.3 cm³/mol. The molecule has 0 radical (unpaired) electrons. The number of rotatable bonds is 4. The summed E-state index contributed by atoms with van der Waals surface area (Å²) in [4.78, 5) is 23.1. The summed E-state index contributed by atoms with van der Waals surface area (Å²) in [5.41, 5.74) is 0.664. The van der Waals surface area contributed by atoms with Crippen LogP contribution in [0.25, 0.3) is 0 Å². The standard InChI is InChI=1S/C17H21N5O/c23-17(13-3-6-16(19-10-13)20-14-4-5-14)21-8-1-2-15(11-21)22-9-7-18-12-22/h3,6-7,9-10,12,14-15H,1-2,4-5,8,11H2,(H,19,20)/t15-/m0/s1. The molecule has 120 valence electrons. The second-order valence-electron chi connectivity index (χ2n) is 6.41. The van der Waals surface area contributed by atoms with Crippen LogP contribution in [0.15, 0.2) is 37.1 Å². The Balaban J connectivity index is 1.43. The van der Waals surface area contributed by atoms with E-state index in [1.165, 1.54) is 12.8 Å². The maximum absolute atomic E-state index is 12.7. The second-order valence-corrected chi connectivity index (χ2v) is 6.41. The summed E-state index contributed by atoms with van der Waals surface area (Å²) in [5.74, 6) is 0.930. The molecule has 2 aromatic rings. The molecule has 6 heteroatoms. The number of anilines is 1. The maximum atomic E-state index is 12.7. The van der Waals surface area contributed by atoms with Crippen LogP contribution in [0.3, 0.4) is 0 Å². The number of carbonyl (C=O) groups excluding carboxylic acids is 1.